The second kappa shape index (κ2) is 6.15. The van der Waals surface area contributed by atoms with Gasteiger partial charge in [0.05, 0.1) is 17.9 Å². The van der Waals surface area contributed by atoms with Gasteiger partial charge in [0.15, 0.2) is 0 Å². The molecule has 2 rings (SSSR count). The summed E-state index contributed by atoms with van der Waals surface area (Å²) in [6.45, 7) is -0.154. The minimum atomic E-state index is -1.33. The lowest BCUT2D eigenvalue weighted by molar-refractivity contribution is 0.0697. The fraction of sp³-hybridized carbons (Fsp3) is 0.0667. The number of anilines is 1. The Morgan fingerprint density at radius 2 is 1.76 bits per heavy atom. The highest BCUT2D eigenvalue weighted by atomic mass is 19.1. The maximum Gasteiger partial charge on any atom is 0.337 e. The van der Waals surface area contributed by atoms with E-state index in [0.717, 1.165) is 6.07 Å². The van der Waals surface area contributed by atoms with Crippen LogP contribution in [0.15, 0.2) is 42.5 Å². The minimum Gasteiger partial charge on any atom is -0.478 e. The van der Waals surface area contributed by atoms with Crippen molar-refractivity contribution in [2.75, 3.05) is 5.32 Å². The number of hydrogen-bond donors (Lipinski definition) is 3. The monoisotopic (exact) mass is 289 g/mol. The number of carbonyl (C=O) groups excluding carboxylic acids is 1. The number of carboxylic acids is 1. The zero-order valence-electron chi connectivity index (χ0n) is 10.8. The number of benzene rings is 2. The van der Waals surface area contributed by atoms with Gasteiger partial charge in [-0.1, -0.05) is 18.2 Å². The second-order valence-corrected chi connectivity index (χ2v) is 4.28. The van der Waals surface area contributed by atoms with Crippen LogP contribution in [0.3, 0.4) is 0 Å². The molecule has 0 unspecified atom stereocenters. The van der Waals surface area contributed by atoms with E-state index < -0.39 is 17.7 Å². The molecule has 0 atom stereocenters. The quantitative estimate of drug-likeness (QED) is 0.805. The summed E-state index contributed by atoms with van der Waals surface area (Å²) < 4.78 is 13.7. The summed E-state index contributed by atoms with van der Waals surface area (Å²) >= 11 is 0. The number of carboxylic acid groups (broad SMARTS) is 1. The maximum absolute atomic E-state index is 13.7. The molecule has 1 amide bonds. The molecule has 0 heterocycles. The fourth-order valence-electron chi connectivity index (χ4n) is 1.78. The number of aliphatic hydroxyl groups excluding tert-OH is 1. The van der Waals surface area contributed by atoms with E-state index in [4.69, 9.17) is 10.2 Å². The molecule has 2 aromatic carbocycles. The fourth-order valence-corrected chi connectivity index (χ4v) is 1.78. The molecule has 0 fully saturated rings. The summed E-state index contributed by atoms with van der Waals surface area (Å²) in [5.74, 6) is -2.79. The van der Waals surface area contributed by atoms with E-state index in [1.807, 2.05) is 0 Å². The normalized spacial score (nSPS) is 10.2. The summed E-state index contributed by atoms with van der Waals surface area (Å²) in [4.78, 5) is 23.0. The van der Waals surface area contributed by atoms with Gasteiger partial charge in [-0.2, -0.15) is 0 Å². The lowest BCUT2D eigenvalue weighted by atomic mass is 10.1. The van der Waals surface area contributed by atoms with Crippen molar-refractivity contribution >= 4 is 17.6 Å². The molecule has 3 N–H and O–H groups in total. The van der Waals surface area contributed by atoms with Crippen LogP contribution < -0.4 is 5.32 Å². The topological polar surface area (TPSA) is 86.6 Å². The van der Waals surface area contributed by atoms with Crippen molar-refractivity contribution in [2.24, 2.45) is 0 Å². The Hall–Kier alpha value is -2.73. The van der Waals surface area contributed by atoms with Gasteiger partial charge in [-0.05, 0) is 29.8 Å². The Balaban J connectivity index is 2.29. The van der Waals surface area contributed by atoms with E-state index >= 15 is 0 Å². The van der Waals surface area contributed by atoms with Crippen LogP contribution in [0.25, 0.3) is 0 Å². The molecule has 0 aromatic heterocycles. The summed E-state index contributed by atoms with van der Waals surface area (Å²) in [5.41, 5.74) is 0.159. The van der Waals surface area contributed by atoms with Crippen LogP contribution in [-0.4, -0.2) is 22.1 Å². The van der Waals surface area contributed by atoms with Crippen LogP contribution in [0.2, 0.25) is 0 Å². The molecule has 0 bridgehead atoms. The number of aliphatic hydroxyl groups is 1. The van der Waals surface area contributed by atoms with Gasteiger partial charge in [0.25, 0.3) is 5.91 Å². The summed E-state index contributed by atoms with van der Waals surface area (Å²) in [6, 6.07) is 9.55. The second-order valence-electron chi connectivity index (χ2n) is 4.28. The SMILES string of the molecule is O=C(Nc1c(F)cccc1C(=O)O)c1ccc(CO)cc1. The molecule has 0 spiro atoms. The van der Waals surface area contributed by atoms with Crippen molar-refractivity contribution in [3.8, 4) is 0 Å². The molecule has 0 aliphatic heterocycles. The average molecular weight is 289 g/mol. The van der Waals surface area contributed by atoms with Gasteiger partial charge in [-0.25, -0.2) is 9.18 Å². The van der Waals surface area contributed by atoms with Gasteiger partial charge in [-0.3, -0.25) is 4.79 Å². The van der Waals surface area contributed by atoms with Crippen LogP contribution in [0.5, 0.6) is 0 Å². The molecule has 5 nitrogen and oxygen atoms in total. The molecule has 21 heavy (non-hydrogen) atoms. The Kier molecular flexibility index (Phi) is 4.30. The third-order valence-corrected chi connectivity index (χ3v) is 2.88. The number of nitrogens with one attached hydrogen (secondary N) is 1. The first-order valence-electron chi connectivity index (χ1n) is 6.06. The number of para-hydroxylation sites is 1. The first-order chi connectivity index (χ1) is 10.0. The van der Waals surface area contributed by atoms with E-state index in [-0.39, 0.29) is 23.4 Å². The van der Waals surface area contributed by atoms with Crippen LogP contribution >= 0.6 is 0 Å². The predicted octanol–water partition coefficient (Wildman–Crippen LogP) is 2.27. The molecular weight excluding hydrogens is 277 g/mol. The number of halogens is 1. The third-order valence-electron chi connectivity index (χ3n) is 2.88. The molecular formula is C15H12FNO4. The first-order valence-corrected chi connectivity index (χ1v) is 6.06. The summed E-state index contributed by atoms with van der Waals surface area (Å²) in [7, 11) is 0. The van der Waals surface area contributed by atoms with E-state index in [1.54, 1.807) is 12.1 Å². The Labute approximate surface area is 119 Å². The molecule has 2 aromatic rings. The van der Waals surface area contributed by atoms with Crippen molar-refractivity contribution in [2.45, 2.75) is 6.61 Å². The first kappa shape index (κ1) is 14.7. The summed E-state index contributed by atoms with van der Waals surface area (Å²) in [5, 5.41) is 20.2. The average Bonchev–Trinajstić information content (AvgIpc) is 2.49. The van der Waals surface area contributed by atoms with Gasteiger partial charge in [0, 0.05) is 5.56 Å². The largest absolute Gasteiger partial charge is 0.478 e. The molecule has 0 saturated heterocycles. The van der Waals surface area contributed by atoms with Crippen molar-refractivity contribution in [3.63, 3.8) is 0 Å². The molecule has 0 aliphatic carbocycles. The zero-order valence-corrected chi connectivity index (χ0v) is 10.8. The highest BCUT2D eigenvalue weighted by Gasteiger charge is 2.17. The Morgan fingerprint density at radius 3 is 2.33 bits per heavy atom. The zero-order chi connectivity index (χ0) is 15.4. The Bertz CT molecular complexity index is 683. The highest BCUT2D eigenvalue weighted by molar-refractivity contribution is 6.07. The lowest BCUT2D eigenvalue weighted by Crippen LogP contribution is -2.16. The number of amides is 1. The van der Waals surface area contributed by atoms with E-state index in [9.17, 15) is 14.0 Å². The molecule has 0 aliphatic rings. The van der Waals surface area contributed by atoms with Crippen molar-refractivity contribution < 1.29 is 24.2 Å². The van der Waals surface area contributed by atoms with Crippen LogP contribution in [0.4, 0.5) is 10.1 Å². The van der Waals surface area contributed by atoms with Crippen LogP contribution in [0, 0.1) is 5.82 Å². The molecule has 0 radical (unpaired) electrons. The van der Waals surface area contributed by atoms with E-state index in [0.29, 0.717) is 5.56 Å². The Morgan fingerprint density at radius 1 is 1.10 bits per heavy atom. The van der Waals surface area contributed by atoms with Gasteiger partial charge in [0.2, 0.25) is 0 Å². The third kappa shape index (κ3) is 3.24. The smallest absolute Gasteiger partial charge is 0.337 e. The maximum atomic E-state index is 13.7. The van der Waals surface area contributed by atoms with Crippen LogP contribution in [0.1, 0.15) is 26.3 Å². The lowest BCUT2D eigenvalue weighted by Gasteiger charge is -2.09. The molecule has 108 valence electrons. The van der Waals surface area contributed by atoms with Crippen molar-refractivity contribution in [3.05, 3.63) is 65.0 Å². The predicted molar refractivity (Wildman–Crippen MR) is 73.7 cm³/mol. The van der Waals surface area contributed by atoms with Gasteiger partial charge >= 0.3 is 5.97 Å². The van der Waals surface area contributed by atoms with Crippen molar-refractivity contribution in [1.29, 1.82) is 0 Å². The van der Waals surface area contributed by atoms with Gasteiger partial charge in [0.1, 0.15) is 5.82 Å². The summed E-state index contributed by atoms with van der Waals surface area (Å²) in [6.07, 6.45) is 0. The minimum absolute atomic E-state index is 0.154. The van der Waals surface area contributed by atoms with Crippen LogP contribution in [-0.2, 0) is 6.61 Å². The molecule has 0 saturated carbocycles. The van der Waals surface area contributed by atoms with Crippen molar-refractivity contribution in [1.82, 2.24) is 0 Å². The number of rotatable bonds is 4. The van der Waals surface area contributed by atoms with Gasteiger partial charge in [-0.15, -0.1) is 0 Å². The van der Waals surface area contributed by atoms with E-state index in [1.165, 1.54) is 24.3 Å². The van der Waals surface area contributed by atoms with E-state index in [2.05, 4.69) is 5.32 Å². The molecule has 6 heteroatoms. The number of carbonyl (C=O) groups is 2. The highest BCUT2D eigenvalue weighted by Crippen LogP contribution is 2.21. The van der Waals surface area contributed by atoms with Gasteiger partial charge < -0.3 is 15.5 Å². The standard InChI is InChI=1S/C15H12FNO4/c16-12-3-1-2-11(15(20)21)13(12)17-14(19)10-6-4-9(8-18)5-7-10/h1-7,18H,8H2,(H,17,19)(H,20,21). The number of aromatic carboxylic acids is 1. The number of hydrogen-bond acceptors (Lipinski definition) is 3.